The van der Waals surface area contributed by atoms with Crippen molar-refractivity contribution in [1.29, 1.82) is 0 Å². The predicted octanol–water partition coefficient (Wildman–Crippen LogP) is 4.38. The number of hydrogen-bond acceptors (Lipinski definition) is 5. The number of anilines is 1. The van der Waals surface area contributed by atoms with E-state index >= 15 is 0 Å². The molecule has 1 aromatic heterocycles. The number of nitrogens with zero attached hydrogens (tertiary/aromatic N) is 2. The monoisotopic (exact) mass is 441 g/mol. The van der Waals surface area contributed by atoms with E-state index in [1.54, 1.807) is 17.4 Å². The van der Waals surface area contributed by atoms with E-state index in [1.165, 1.54) is 35.0 Å². The van der Waals surface area contributed by atoms with Gasteiger partial charge in [0.05, 0.1) is 12.2 Å². The van der Waals surface area contributed by atoms with Crippen LogP contribution in [0.15, 0.2) is 47.8 Å². The molecule has 1 aliphatic rings. The molecule has 0 unspecified atom stereocenters. The maximum atomic E-state index is 13.7. The number of benzene rings is 2. The van der Waals surface area contributed by atoms with Crippen molar-refractivity contribution in [3.05, 3.63) is 59.2 Å². The second-order valence-electron chi connectivity index (χ2n) is 7.71. The van der Waals surface area contributed by atoms with Crippen molar-refractivity contribution in [1.82, 2.24) is 10.2 Å². The van der Waals surface area contributed by atoms with Gasteiger partial charge in [0.25, 0.3) is 5.91 Å². The second kappa shape index (κ2) is 10.1. The van der Waals surface area contributed by atoms with Gasteiger partial charge in [-0.15, -0.1) is 11.3 Å². The van der Waals surface area contributed by atoms with Gasteiger partial charge in [-0.25, -0.2) is 4.39 Å². The number of unbranched alkanes of at least 4 members (excludes halogenated alkanes) is 1. The lowest BCUT2D eigenvalue weighted by Crippen LogP contribution is -2.46. The fourth-order valence-corrected chi connectivity index (χ4v) is 4.80. The van der Waals surface area contributed by atoms with E-state index in [0.717, 1.165) is 45.6 Å². The summed E-state index contributed by atoms with van der Waals surface area (Å²) in [7, 11) is 1.48. The number of rotatable bonds is 8. The Labute approximate surface area is 186 Å². The molecule has 0 saturated carbocycles. The SMILES string of the molecule is CNC(=O)c1cc(OCCCCN2CCN(c3cccc4sccc34)CC2)ccc1F. The van der Waals surface area contributed by atoms with Crippen LogP contribution in [0.4, 0.5) is 10.1 Å². The highest BCUT2D eigenvalue weighted by molar-refractivity contribution is 7.17. The van der Waals surface area contributed by atoms with E-state index in [4.69, 9.17) is 4.74 Å². The van der Waals surface area contributed by atoms with Crippen LogP contribution in [-0.2, 0) is 0 Å². The quantitative estimate of drug-likeness (QED) is 0.527. The third kappa shape index (κ3) is 5.17. The van der Waals surface area contributed by atoms with Crippen molar-refractivity contribution in [3.63, 3.8) is 0 Å². The van der Waals surface area contributed by atoms with Crippen molar-refractivity contribution < 1.29 is 13.9 Å². The number of carbonyl (C=O) groups excluding carboxylic acids is 1. The topological polar surface area (TPSA) is 44.8 Å². The van der Waals surface area contributed by atoms with Gasteiger partial charge in [-0.1, -0.05) is 6.07 Å². The lowest BCUT2D eigenvalue weighted by atomic mass is 10.1. The van der Waals surface area contributed by atoms with Crippen molar-refractivity contribution in [2.24, 2.45) is 0 Å². The van der Waals surface area contributed by atoms with Crippen LogP contribution in [0, 0.1) is 5.82 Å². The Bertz CT molecular complexity index is 1030. The number of ether oxygens (including phenoxy) is 1. The van der Waals surface area contributed by atoms with Gasteiger partial charge < -0.3 is 15.0 Å². The summed E-state index contributed by atoms with van der Waals surface area (Å²) in [6.07, 6.45) is 1.96. The Hall–Kier alpha value is -2.64. The summed E-state index contributed by atoms with van der Waals surface area (Å²) in [5, 5.41) is 5.96. The van der Waals surface area contributed by atoms with Crippen molar-refractivity contribution in [2.45, 2.75) is 12.8 Å². The zero-order chi connectivity index (χ0) is 21.6. The largest absolute Gasteiger partial charge is 0.494 e. The zero-order valence-corrected chi connectivity index (χ0v) is 18.6. The van der Waals surface area contributed by atoms with E-state index in [9.17, 15) is 9.18 Å². The molecular formula is C24H28FN3O2S. The molecule has 2 heterocycles. The van der Waals surface area contributed by atoms with Gasteiger partial charge in [-0.3, -0.25) is 9.69 Å². The Morgan fingerprint density at radius 1 is 1.13 bits per heavy atom. The number of hydrogen-bond donors (Lipinski definition) is 1. The smallest absolute Gasteiger partial charge is 0.254 e. The molecule has 1 amide bonds. The molecule has 0 aliphatic carbocycles. The highest BCUT2D eigenvalue weighted by atomic mass is 32.1. The summed E-state index contributed by atoms with van der Waals surface area (Å²) in [6, 6.07) is 13.1. The Morgan fingerprint density at radius 3 is 2.77 bits per heavy atom. The molecule has 31 heavy (non-hydrogen) atoms. The lowest BCUT2D eigenvalue weighted by molar-refractivity contribution is 0.0958. The van der Waals surface area contributed by atoms with Gasteiger partial charge in [0, 0.05) is 49.0 Å². The maximum absolute atomic E-state index is 13.7. The average molecular weight is 442 g/mol. The Morgan fingerprint density at radius 2 is 1.97 bits per heavy atom. The van der Waals surface area contributed by atoms with Crippen molar-refractivity contribution in [3.8, 4) is 5.75 Å². The normalized spacial score (nSPS) is 14.7. The summed E-state index contributed by atoms with van der Waals surface area (Å²) in [5.74, 6) is -0.463. The van der Waals surface area contributed by atoms with Gasteiger partial charge in [-0.05, 0) is 61.2 Å². The zero-order valence-electron chi connectivity index (χ0n) is 17.8. The second-order valence-corrected chi connectivity index (χ2v) is 8.66. The minimum atomic E-state index is -0.541. The molecule has 1 fully saturated rings. The first-order valence-corrected chi connectivity index (χ1v) is 11.6. The first-order valence-electron chi connectivity index (χ1n) is 10.7. The fraction of sp³-hybridized carbons (Fsp3) is 0.375. The lowest BCUT2D eigenvalue weighted by Gasteiger charge is -2.36. The number of carbonyl (C=O) groups is 1. The third-order valence-corrected chi connectivity index (χ3v) is 6.61. The highest BCUT2D eigenvalue weighted by Crippen LogP contribution is 2.31. The molecule has 5 nitrogen and oxygen atoms in total. The molecule has 0 spiro atoms. The van der Waals surface area contributed by atoms with E-state index in [0.29, 0.717) is 12.4 Å². The summed E-state index contributed by atoms with van der Waals surface area (Å²) < 4.78 is 20.8. The maximum Gasteiger partial charge on any atom is 0.254 e. The molecule has 1 N–H and O–H groups in total. The molecule has 2 aromatic carbocycles. The molecular weight excluding hydrogens is 413 g/mol. The Balaban J connectivity index is 1.18. The van der Waals surface area contributed by atoms with Crippen LogP contribution in [0.3, 0.4) is 0 Å². The molecule has 4 rings (SSSR count). The van der Waals surface area contributed by atoms with Crippen LogP contribution in [0.2, 0.25) is 0 Å². The van der Waals surface area contributed by atoms with Gasteiger partial charge in [0.1, 0.15) is 11.6 Å². The minimum absolute atomic E-state index is 0.0102. The van der Waals surface area contributed by atoms with E-state index in [1.807, 2.05) is 0 Å². The molecule has 3 aromatic rings. The van der Waals surface area contributed by atoms with E-state index in [2.05, 4.69) is 44.8 Å². The third-order valence-electron chi connectivity index (χ3n) is 5.73. The number of piperazine rings is 1. The molecule has 7 heteroatoms. The Kier molecular flexibility index (Phi) is 7.04. The van der Waals surface area contributed by atoms with Crippen LogP contribution < -0.4 is 15.0 Å². The first-order chi connectivity index (χ1) is 15.2. The number of thiophene rings is 1. The summed E-state index contributed by atoms with van der Waals surface area (Å²) in [5.41, 5.74) is 1.36. The van der Waals surface area contributed by atoms with Crippen molar-refractivity contribution in [2.75, 3.05) is 51.3 Å². The number of fused-ring (bicyclic) bond motifs is 1. The fourth-order valence-electron chi connectivity index (χ4n) is 4.00. The first kappa shape index (κ1) is 21.6. The van der Waals surface area contributed by atoms with Gasteiger partial charge in [0.15, 0.2) is 0 Å². The molecule has 1 saturated heterocycles. The predicted molar refractivity (Wildman–Crippen MR) is 125 cm³/mol. The van der Waals surface area contributed by atoms with Gasteiger partial charge in [0.2, 0.25) is 0 Å². The standard InChI is InChI=1S/C24H28FN3O2S/c1-26-24(29)20-17-18(7-8-21(20)25)30-15-3-2-10-27-11-13-28(14-12-27)22-5-4-6-23-19(22)9-16-31-23/h4-9,16-17H,2-3,10-15H2,1H3,(H,26,29). The highest BCUT2D eigenvalue weighted by Gasteiger charge is 2.18. The summed E-state index contributed by atoms with van der Waals surface area (Å²) >= 11 is 1.80. The van der Waals surface area contributed by atoms with Crippen molar-refractivity contribution >= 4 is 33.0 Å². The average Bonchev–Trinajstić information content (AvgIpc) is 3.29. The van der Waals surface area contributed by atoms with Crippen LogP contribution in [0.5, 0.6) is 5.75 Å². The van der Waals surface area contributed by atoms with Gasteiger partial charge >= 0.3 is 0 Å². The molecule has 0 radical (unpaired) electrons. The van der Waals surface area contributed by atoms with Gasteiger partial charge in [-0.2, -0.15) is 0 Å². The molecule has 0 bridgehead atoms. The van der Waals surface area contributed by atoms with Crippen LogP contribution >= 0.6 is 11.3 Å². The molecule has 164 valence electrons. The van der Waals surface area contributed by atoms with Crippen LogP contribution in [0.1, 0.15) is 23.2 Å². The van der Waals surface area contributed by atoms with Crippen LogP contribution in [-0.4, -0.2) is 57.2 Å². The van der Waals surface area contributed by atoms with E-state index < -0.39 is 11.7 Å². The van der Waals surface area contributed by atoms with Crippen LogP contribution in [0.25, 0.3) is 10.1 Å². The number of amides is 1. The molecule has 1 aliphatic heterocycles. The number of nitrogens with one attached hydrogen (secondary N) is 1. The molecule has 0 atom stereocenters. The minimum Gasteiger partial charge on any atom is -0.494 e. The number of halogens is 1. The van der Waals surface area contributed by atoms with E-state index in [-0.39, 0.29) is 5.56 Å². The summed E-state index contributed by atoms with van der Waals surface area (Å²) in [6.45, 7) is 5.82. The summed E-state index contributed by atoms with van der Waals surface area (Å²) in [4.78, 5) is 16.7.